The topological polar surface area (TPSA) is 1050 Å². The van der Waals surface area contributed by atoms with Crippen LogP contribution in [0.4, 0.5) is 0 Å². The third kappa shape index (κ3) is 437000. The Morgan fingerprint density at radius 2 is 0.163 bits per heavy atom. The molecule has 0 fully saturated rings. The molecule has 0 aromatic rings. The van der Waals surface area contributed by atoms with Crippen LogP contribution in [-0.2, 0) is 141 Å². The second-order valence-corrected chi connectivity index (χ2v) is 14.5. The molecule has 0 saturated heterocycles. The van der Waals surface area contributed by atoms with E-state index in [-0.39, 0.29) is 148 Å². The Kier molecular flexibility index (Phi) is 325. The summed E-state index contributed by atoms with van der Waals surface area (Å²) in [5.41, 5.74) is 0. The van der Waals surface area contributed by atoms with Crippen molar-refractivity contribution in [1.82, 2.24) is 0 Å². The summed E-state index contributed by atoms with van der Waals surface area (Å²) < 4.78 is 207. The third-order valence-corrected chi connectivity index (χ3v) is 0. The Labute approximate surface area is 334 Å². The van der Waals surface area contributed by atoms with Gasteiger partial charge in [0.05, 0.1) is 0 Å². The average molecular weight is 1310 g/mol. The van der Waals surface area contributed by atoms with Gasteiger partial charge in [-0.3, -0.25) is 0 Å². The molecule has 49 heteroatoms. The van der Waals surface area contributed by atoms with Crippen molar-refractivity contribution in [3.05, 3.63) is 0 Å². The van der Waals surface area contributed by atoms with Crippen LogP contribution in [0.1, 0.15) is 44.2 Å². The van der Waals surface area contributed by atoms with E-state index in [9.17, 15) is 0 Å². The van der Waals surface area contributed by atoms with Gasteiger partial charge in [0.2, 0.25) is 0 Å². The standard InChI is InChI=1S/6Mo.19H2O.24O/h;;;;;;19*1H2;;;;;;;;;;;;;;;;;;;;;;;;/q;;;;;;;;;;;;;;;;;;;;;;;;;;;;;;;;;;;;;12*-1/p+12. The van der Waals surface area contributed by atoms with Crippen LogP contribution in [0.2, 0.25) is 0 Å². The molecule has 0 aliphatic rings. The van der Waals surface area contributed by atoms with Crippen molar-refractivity contribution in [2.45, 2.75) is 0 Å². The summed E-state index contributed by atoms with van der Waals surface area (Å²) in [7, 11) is 0. The zero-order chi connectivity index (χ0) is 27.0. The molecule has 344 valence electrons. The van der Waals surface area contributed by atoms with E-state index in [4.69, 9.17) is 85.9 Å². The Morgan fingerprint density at radius 1 is 0.163 bits per heavy atom. The Balaban J connectivity index is -0.00000000142. The zero-order valence-electron chi connectivity index (χ0n) is 51.7. The first-order chi connectivity index (χ1) is 12.0. The maximum atomic E-state index is 8.63. The van der Waals surface area contributed by atoms with Crippen LogP contribution < -0.4 is 45.1 Å². The summed E-state index contributed by atoms with van der Waals surface area (Å²) in [4.78, 5) is 0. The molecule has 0 radical (unpaired) electrons. The van der Waals surface area contributed by atoms with Crippen LogP contribution in [0.25, 0.3) is 0 Å². The summed E-state index contributed by atoms with van der Waals surface area (Å²) in [6.45, 7) is 0. The molecule has 0 aromatic heterocycles. The summed E-state index contributed by atoms with van der Waals surface area (Å²) in [5, 5.41) is 0. The van der Waals surface area contributed by atoms with Gasteiger partial charge in [0.15, 0.2) is 0 Å². The molecule has 49 heavy (non-hydrogen) atoms. The molecule has 0 rings (SSSR count). The van der Waals surface area contributed by atoms with Gasteiger partial charge in [0.1, 0.15) is 0 Å². The quantitative estimate of drug-likeness (QED) is 0.203. The van der Waals surface area contributed by atoms with E-state index >= 15 is 0 Å². The van der Waals surface area contributed by atoms with Gasteiger partial charge in [-0.1, -0.05) is 0 Å². The molecule has 0 atom stereocenters. The fourth-order valence-electron chi connectivity index (χ4n) is 0. The predicted octanol–water partition coefficient (Wildman–Crippen LogP) is -15.6. The van der Waals surface area contributed by atoms with Crippen molar-refractivity contribution in [3.8, 4) is 0 Å². The molecule has 0 heterocycles. The van der Waals surface area contributed by atoms with E-state index in [1.54, 1.807) is 0 Å². The minimum absolute atomic E-state index is 0. The van der Waals surface area contributed by atoms with Crippen LogP contribution in [0.5, 0.6) is 0 Å². The van der Waals surface area contributed by atoms with E-state index in [1.165, 1.54) is 0 Å². The van der Waals surface area contributed by atoms with Gasteiger partial charge in [-0.2, -0.15) is 0 Å². The van der Waals surface area contributed by atoms with Crippen LogP contribution in [-0.4, -0.2) is 104 Å². The van der Waals surface area contributed by atoms with Crippen molar-refractivity contribution < 1.29 is 335 Å². The summed E-state index contributed by atoms with van der Waals surface area (Å²) in [6, 6.07) is 0. The fourth-order valence-corrected chi connectivity index (χ4v) is 0. The molecule has 0 unspecified atom stereocenters. The second kappa shape index (κ2) is 82.1. The van der Waals surface area contributed by atoms with Crippen LogP contribution in [0, 0.1) is 0 Å². The fraction of sp³-hybridized carbons (Fsp3) is 0. The van der Waals surface area contributed by atoms with Crippen LogP contribution >= 0.6 is 0 Å². The van der Waals surface area contributed by atoms with Gasteiger partial charge >= 0.3 is 231 Å². The molecule has 0 aromatic carbocycles. The van der Waals surface area contributed by atoms with Crippen molar-refractivity contribution in [3.63, 3.8) is 0 Å². The monoisotopic (exact) mass is 1330 g/mol. The van der Waals surface area contributed by atoms with Gasteiger partial charge in [-0.15, -0.1) is 0 Å². The van der Waals surface area contributed by atoms with Gasteiger partial charge < -0.3 is 104 Å². The van der Waals surface area contributed by atoms with E-state index in [0.717, 1.165) is 0 Å². The van der Waals surface area contributed by atoms with Gasteiger partial charge in [0.25, 0.3) is 0 Å². The molecule has 0 amide bonds. The first kappa shape index (κ1) is 194. The molecule has 0 aliphatic carbocycles. The summed E-state index contributed by atoms with van der Waals surface area (Å²) in [6.07, 6.45) is 0. The molecular formula is H50Mo6O43. The van der Waals surface area contributed by atoms with Gasteiger partial charge in [0, 0.05) is 0 Å². The molecular weight excluding hydrogens is 1260 g/mol. The number of hydrogen-bond donors (Lipinski definition) is 0. The normalized spacial score (nSPS) is 7.10. The minimum atomic E-state index is -6.02. The van der Waals surface area contributed by atoms with Crippen molar-refractivity contribution >= 4 is 0 Å². The van der Waals surface area contributed by atoms with Crippen molar-refractivity contribution in [2.24, 2.45) is 0 Å². The summed E-state index contributed by atoms with van der Waals surface area (Å²) >= 11 is -36.1. The first-order valence-corrected chi connectivity index (χ1v) is 23.7. The second-order valence-electron chi connectivity index (χ2n) is 2.45. The SMILES string of the molecule is [H+].[H+].[H+].[H+].[H+].[H+].[H+].[H+].[H+].[H+].[H+].[H+].[H+].[H+].[H+].[H+].[H+].[H+].[H+].[H+].[H+].[H+].[H+].[H+].[H+].[H+].[H+].[H+].[H+].[H+].[H+].[OH-].[OH-].[OH-].[OH-].[OH-].[OH-].[OH-].[OH-].[OH-].[OH-].[OH-].[OH-].[OH-].[OH-].[OH-].[OH-].[OH-].[OH-].[OH-].[O]=[Mo](=[O])([O-])[O-].[O]=[Mo](=[O])([O-])[O-].[O]=[Mo](=[O])([O-])[O-].[O]=[Mo](=[O])([O-])[O-].[O]=[Mo](=[O])([O-])[O-].[O]=[Mo](=[O])([O-])[O-]. The van der Waals surface area contributed by atoms with Crippen LogP contribution in [0.15, 0.2) is 0 Å². The Bertz CT molecular complexity index is 835. The molecule has 0 aliphatic heterocycles. The number of hydrogen-bond acceptors (Lipinski definition) is 43. The zero-order valence-corrected chi connectivity index (χ0v) is 32.8. The van der Waals surface area contributed by atoms with E-state index in [2.05, 4.69) is 0 Å². The molecule has 19 N–H and O–H groups in total. The average Bonchev–Trinajstić information content (AvgIpc) is 1.94. The first-order valence-electron chi connectivity index (χ1n) is 4.00. The Hall–Kier alpha value is 0.490. The third-order valence-electron chi connectivity index (χ3n) is 0. The Morgan fingerprint density at radius 3 is 0.163 bits per heavy atom. The summed E-state index contributed by atoms with van der Waals surface area (Å²) in [5.74, 6) is 0. The van der Waals surface area contributed by atoms with Gasteiger partial charge in [-0.25, -0.2) is 0 Å². The molecule has 43 nitrogen and oxygen atoms in total. The molecule has 0 spiro atoms. The van der Waals surface area contributed by atoms with Gasteiger partial charge in [-0.05, 0) is 0 Å². The molecule has 0 saturated carbocycles. The predicted molar refractivity (Wildman–Crippen MR) is 79.5 cm³/mol. The van der Waals surface area contributed by atoms with Crippen molar-refractivity contribution in [1.29, 1.82) is 0 Å². The number of rotatable bonds is 0. The van der Waals surface area contributed by atoms with E-state index in [1.807, 2.05) is 0 Å². The van der Waals surface area contributed by atoms with E-state index < -0.39 is 100 Å². The van der Waals surface area contributed by atoms with E-state index in [0.29, 0.717) is 0 Å². The molecule has 0 bridgehead atoms. The maximum absolute atomic E-state index is 8.63. The van der Waals surface area contributed by atoms with Crippen molar-refractivity contribution in [2.75, 3.05) is 0 Å². The van der Waals surface area contributed by atoms with Crippen LogP contribution in [0.3, 0.4) is 0 Å².